The third-order valence-corrected chi connectivity index (χ3v) is 9.05. The van der Waals surface area contributed by atoms with Crippen LogP contribution in [0.4, 0.5) is 4.79 Å². The van der Waals surface area contributed by atoms with Gasteiger partial charge in [-0.2, -0.15) is 0 Å². The van der Waals surface area contributed by atoms with Gasteiger partial charge in [0.2, 0.25) is 11.8 Å². The molecule has 4 rings (SSSR count). The minimum absolute atomic E-state index is 0.0570. The summed E-state index contributed by atoms with van der Waals surface area (Å²) in [4.78, 5) is 52.9. The third-order valence-electron chi connectivity index (χ3n) is 9.05. The summed E-state index contributed by atoms with van der Waals surface area (Å²) in [5.74, 6) is -1.77. The van der Waals surface area contributed by atoms with Gasteiger partial charge >= 0.3 is 12.1 Å². The third kappa shape index (κ3) is 6.96. The molecule has 2 saturated carbocycles. The Morgan fingerprint density at radius 1 is 1.00 bits per heavy atom. The number of likely N-dealkylation sites (tertiary alicyclic amines) is 1. The second-order valence-corrected chi connectivity index (χ2v) is 12.9. The second-order valence-electron chi connectivity index (χ2n) is 12.9. The van der Waals surface area contributed by atoms with Gasteiger partial charge in [0, 0.05) is 24.9 Å². The molecule has 1 heterocycles. The molecule has 220 valence electrons. The Balaban J connectivity index is 1.50. The predicted molar refractivity (Wildman–Crippen MR) is 151 cm³/mol. The highest BCUT2D eigenvalue weighted by Gasteiger charge is 2.52. The molecule has 1 saturated heterocycles. The first kappa shape index (κ1) is 29.9. The van der Waals surface area contributed by atoms with E-state index in [1.165, 1.54) is 0 Å². The van der Waals surface area contributed by atoms with E-state index in [1.807, 2.05) is 32.9 Å². The molecule has 9 heteroatoms. The highest BCUT2D eigenvalue weighted by molar-refractivity contribution is 5.91. The number of carboxylic acid groups (broad SMARTS) is 1. The quantitative estimate of drug-likeness (QED) is 0.446. The van der Waals surface area contributed by atoms with Crippen LogP contribution in [0.25, 0.3) is 0 Å². The number of alkyl carbamates (subject to hydrolysis) is 1. The van der Waals surface area contributed by atoms with E-state index < -0.39 is 29.6 Å². The van der Waals surface area contributed by atoms with Gasteiger partial charge in [0.15, 0.2) is 0 Å². The number of hydrogen-bond donors (Lipinski definition) is 3. The molecule has 1 aromatic carbocycles. The number of aromatic carboxylic acids is 1. The molecule has 0 aromatic heterocycles. The van der Waals surface area contributed by atoms with Gasteiger partial charge in [0.05, 0.1) is 5.56 Å². The average molecular weight is 556 g/mol. The Bertz CT molecular complexity index is 1080. The Kier molecular flexibility index (Phi) is 9.41. The number of carbonyl (C=O) groups excluding carboxylic acids is 3. The van der Waals surface area contributed by atoms with Crippen molar-refractivity contribution in [1.82, 2.24) is 10.2 Å². The molecule has 0 radical (unpaired) electrons. The van der Waals surface area contributed by atoms with Crippen LogP contribution in [0.15, 0.2) is 24.3 Å². The zero-order chi connectivity index (χ0) is 29.0. The van der Waals surface area contributed by atoms with Gasteiger partial charge in [0.25, 0.3) is 0 Å². The minimum Gasteiger partial charge on any atom is -0.478 e. The van der Waals surface area contributed by atoms with E-state index in [-0.39, 0.29) is 41.1 Å². The number of primary amides is 1. The molecule has 0 spiro atoms. The van der Waals surface area contributed by atoms with Gasteiger partial charge in [-0.15, -0.1) is 0 Å². The fourth-order valence-corrected chi connectivity index (χ4v) is 7.26. The lowest BCUT2D eigenvalue weighted by molar-refractivity contribution is -0.143. The van der Waals surface area contributed by atoms with Gasteiger partial charge in [-0.3, -0.25) is 9.59 Å². The van der Waals surface area contributed by atoms with Crippen LogP contribution in [0.5, 0.6) is 0 Å². The highest BCUT2D eigenvalue weighted by atomic mass is 16.6. The summed E-state index contributed by atoms with van der Waals surface area (Å²) in [6.45, 7) is 6.28. The number of nitrogens with one attached hydrogen (secondary N) is 1. The van der Waals surface area contributed by atoms with Gasteiger partial charge in [-0.1, -0.05) is 50.3 Å². The van der Waals surface area contributed by atoms with E-state index in [2.05, 4.69) is 5.32 Å². The normalized spacial score (nSPS) is 27.7. The highest BCUT2D eigenvalue weighted by Crippen LogP contribution is 2.48. The van der Waals surface area contributed by atoms with E-state index in [1.54, 1.807) is 17.0 Å². The zero-order valence-corrected chi connectivity index (χ0v) is 24.1. The number of nitrogens with two attached hydrogens (primary N) is 1. The summed E-state index contributed by atoms with van der Waals surface area (Å²) in [6, 6.07) is 6.23. The molecular formula is C31H45N3O6. The summed E-state index contributed by atoms with van der Waals surface area (Å²) in [5.41, 5.74) is 6.38. The van der Waals surface area contributed by atoms with Gasteiger partial charge in [-0.25, -0.2) is 9.59 Å². The first-order valence-corrected chi connectivity index (χ1v) is 14.8. The lowest BCUT2D eigenvalue weighted by Crippen LogP contribution is -2.50. The Labute approximate surface area is 237 Å². The summed E-state index contributed by atoms with van der Waals surface area (Å²) >= 11 is 0. The Hall–Kier alpha value is -3.10. The number of carbonyl (C=O) groups is 4. The van der Waals surface area contributed by atoms with E-state index in [0.29, 0.717) is 31.5 Å². The predicted octanol–water partition coefficient (Wildman–Crippen LogP) is 4.69. The molecular weight excluding hydrogens is 510 g/mol. The van der Waals surface area contributed by atoms with Gasteiger partial charge in [0.1, 0.15) is 11.6 Å². The maximum Gasteiger partial charge on any atom is 0.407 e. The van der Waals surface area contributed by atoms with Crippen molar-refractivity contribution in [2.24, 2.45) is 29.4 Å². The van der Waals surface area contributed by atoms with Crippen LogP contribution in [0.2, 0.25) is 0 Å². The molecule has 3 aliphatic rings. The molecule has 0 bridgehead atoms. The molecule has 9 nitrogen and oxygen atoms in total. The molecule has 3 atom stereocenters. The van der Waals surface area contributed by atoms with Gasteiger partial charge in [-0.05, 0) is 75.8 Å². The molecule has 1 aliphatic heterocycles. The Morgan fingerprint density at radius 3 is 2.25 bits per heavy atom. The lowest BCUT2D eigenvalue weighted by atomic mass is 9.70. The number of hydrogen-bond acceptors (Lipinski definition) is 5. The summed E-state index contributed by atoms with van der Waals surface area (Å²) in [7, 11) is 0. The molecule has 1 aromatic rings. The monoisotopic (exact) mass is 555 g/mol. The topological polar surface area (TPSA) is 139 Å². The van der Waals surface area contributed by atoms with Crippen molar-refractivity contribution < 1.29 is 29.0 Å². The smallest absolute Gasteiger partial charge is 0.407 e. The van der Waals surface area contributed by atoms with E-state index >= 15 is 0 Å². The van der Waals surface area contributed by atoms with Crippen molar-refractivity contribution in [3.8, 4) is 0 Å². The van der Waals surface area contributed by atoms with Crippen LogP contribution in [0.1, 0.15) is 100 Å². The fourth-order valence-electron chi connectivity index (χ4n) is 7.26. The lowest BCUT2D eigenvalue weighted by Gasteiger charge is -2.36. The van der Waals surface area contributed by atoms with Crippen LogP contribution in [-0.2, 0) is 14.3 Å². The Morgan fingerprint density at radius 2 is 1.65 bits per heavy atom. The van der Waals surface area contributed by atoms with Crippen molar-refractivity contribution >= 4 is 23.9 Å². The van der Waals surface area contributed by atoms with Crippen molar-refractivity contribution in [3.05, 3.63) is 35.4 Å². The molecule has 4 N–H and O–H groups in total. The summed E-state index contributed by atoms with van der Waals surface area (Å²) in [5, 5.41) is 12.8. The van der Waals surface area contributed by atoms with Crippen LogP contribution < -0.4 is 11.1 Å². The number of ether oxygens (including phenoxy) is 1. The number of rotatable bonds is 7. The van der Waals surface area contributed by atoms with E-state index in [4.69, 9.17) is 10.5 Å². The first-order chi connectivity index (χ1) is 19.0. The first-order valence-electron chi connectivity index (χ1n) is 14.8. The molecule has 1 unspecified atom stereocenters. The maximum absolute atomic E-state index is 14.0. The average Bonchev–Trinajstić information content (AvgIpc) is 3.32. The molecule has 3 fully saturated rings. The summed E-state index contributed by atoms with van der Waals surface area (Å²) < 4.78 is 5.33. The van der Waals surface area contributed by atoms with E-state index in [0.717, 1.165) is 44.9 Å². The fraction of sp³-hybridized carbons (Fsp3) is 0.677. The standard InChI is InChI=1S/C31H45N3O6/c1-31(2,3)40-30(39)33-17-19-13-15-21(16-14-19)28(36)34-18-24(22-11-7-8-12-23(22)29(37)38)25(26(34)27(32)35)20-9-5-4-6-10-20/h7-8,11-12,19-21,24-26H,4-6,9-10,13-18H2,1-3H3,(H2,32,35)(H,33,39)(H,37,38)/t19-,21-,24?,25-,26+/m1/s1. The largest absolute Gasteiger partial charge is 0.478 e. The number of benzene rings is 1. The van der Waals surface area contributed by atoms with Crippen molar-refractivity contribution in [2.75, 3.05) is 13.1 Å². The molecule has 2 aliphatic carbocycles. The number of nitrogens with zero attached hydrogens (tertiary/aromatic N) is 1. The second kappa shape index (κ2) is 12.6. The van der Waals surface area contributed by atoms with Gasteiger partial charge < -0.3 is 25.8 Å². The number of carboxylic acids is 1. The maximum atomic E-state index is 14.0. The van der Waals surface area contributed by atoms with Crippen LogP contribution in [0, 0.1) is 23.7 Å². The van der Waals surface area contributed by atoms with Crippen LogP contribution in [0.3, 0.4) is 0 Å². The van der Waals surface area contributed by atoms with Crippen molar-refractivity contribution in [3.63, 3.8) is 0 Å². The van der Waals surface area contributed by atoms with Crippen molar-refractivity contribution in [1.29, 1.82) is 0 Å². The molecule has 3 amide bonds. The molecule has 40 heavy (non-hydrogen) atoms. The summed E-state index contributed by atoms with van der Waals surface area (Å²) in [6.07, 6.45) is 7.68. The minimum atomic E-state index is -1.00. The van der Waals surface area contributed by atoms with E-state index in [9.17, 15) is 24.3 Å². The zero-order valence-electron chi connectivity index (χ0n) is 24.1. The van der Waals surface area contributed by atoms with Crippen LogP contribution >= 0.6 is 0 Å². The number of amides is 3. The van der Waals surface area contributed by atoms with Crippen LogP contribution in [-0.4, -0.2) is 58.6 Å². The van der Waals surface area contributed by atoms with Crippen molar-refractivity contribution in [2.45, 2.75) is 96.1 Å². The SMILES string of the molecule is CC(C)(C)OC(=O)NC[C@H]1CC[C@H](C(=O)N2CC(c3ccccc3C(=O)O)[C@@H](C3CCCCC3)[C@H]2C(N)=O)CC1.